The van der Waals surface area contributed by atoms with Crippen LogP contribution in [0.25, 0.3) is 10.1 Å². The van der Waals surface area contributed by atoms with Crippen LogP contribution >= 0.6 is 11.3 Å². The van der Waals surface area contributed by atoms with Crippen LogP contribution in [0.4, 0.5) is 0 Å². The summed E-state index contributed by atoms with van der Waals surface area (Å²) in [5.74, 6) is 1.70. The van der Waals surface area contributed by atoms with E-state index in [0.717, 1.165) is 24.8 Å². The predicted octanol–water partition coefficient (Wildman–Crippen LogP) is 3.38. The maximum Gasteiger partial charge on any atom is 0.119 e. The van der Waals surface area contributed by atoms with Crippen molar-refractivity contribution in [3.8, 4) is 5.75 Å². The molecule has 3 rings (SSSR count). The zero-order valence-corrected chi connectivity index (χ0v) is 10.8. The van der Waals surface area contributed by atoms with E-state index < -0.39 is 0 Å². The van der Waals surface area contributed by atoms with Gasteiger partial charge in [-0.05, 0) is 61.5 Å². The monoisotopic (exact) mass is 247 g/mol. The molecule has 3 heteroatoms. The molecule has 0 spiro atoms. The first kappa shape index (κ1) is 11.1. The van der Waals surface area contributed by atoms with Gasteiger partial charge in [0, 0.05) is 9.58 Å². The van der Waals surface area contributed by atoms with Crippen LogP contribution in [0.3, 0.4) is 0 Å². The number of benzene rings is 1. The number of hydrogen-bond acceptors (Lipinski definition) is 3. The molecule has 1 aliphatic heterocycles. The molecule has 1 fully saturated rings. The molecule has 17 heavy (non-hydrogen) atoms. The molecule has 2 aromatic rings. The van der Waals surface area contributed by atoms with E-state index >= 15 is 0 Å². The zero-order valence-electron chi connectivity index (χ0n) is 10.0. The number of nitrogens with one attached hydrogen (secondary N) is 1. The van der Waals surface area contributed by atoms with Crippen LogP contribution in [0.2, 0.25) is 0 Å². The van der Waals surface area contributed by atoms with Crippen molar-refractivity contribution in [1.82, 2.24) is 5.32 Å². The molecule has 1 aliphatic rings. The highest BCUT2D eigenvalue weighted by molar-refractivity contribution is 7.19. The van der Waals surface area contributed by atoms with E-state index in [4.69, 9.17) is 4.74 Å². The molecular formula is C14H17NOS. The normalized spacial score (nSPS) is 17.5. The summed E-state index contributed by atoms with van der Waals surface area (Å²) in [6.45, 7) is 2.31. The van der Waals surface area contributed by atoms with E-state index in [1.54, 1.807) is 7.11 Å². The quantitative estimate of drug-likeness (QED) is 0.878. The minimum atomic E-state index is 0.750. The average Bonchev–Trinajstić information content (AvgIpc) is 2.82. The molecule has 1 aromatic carbocycles. The standard InChI is InChI=1S/C14H17NOS/c1-16-12-2-3-13-11(8-12)9-14(17-13)10-4-6-15-7-5-10/h2-3,8-10,15H,4-7H2,1H3. The van der Waals surface area contributed by atoms with Crippen molar-refractivity contribution < 1.29 is 4.74 Å². The van der Waals surface area contributed by atoms with Crippen LogP contribution in [-0.4, -0.2) is 20.2 Å². The van der Waals surface area contributed by atoms with Gasteiger partial charge in [-0.25, -0.2) is 0 Å². The van der Waals surface area contributed by atoms with E-state index in [2.05, 4.69) is 23.5 Å². The lowest BCUT2D eigenvalue weighted by atomic mass is 9.96. The largest absolute Gasteiger partial charge is 0.497 e. The third-order valence-corrected chi connectivity index (χ3v) is 4.76. The van der Waals surface area contributed by atoms with E-state index in [-0.39, 0.29) is 0 Å². The second kappa shape index (κ2) is 4.67. The van der Waals surface area contributed by atoms with Crippen LogP contribution in [0.1, 0.15) is 23.6 Å². The van der Waals surface area contributed by atoms with E-state index in [9.17, 15) is 0 Å². The van der Waals surface area contributed by atoms with Crippen LogP contribution < -0.4 is 10.1 Å². The second-order valence-electron chi connectivity index (χ2n) is 4.58. The van der Waals surface area contributed by atoms with Crippen molar-refractivity contribution in [3.05, 3.63) is 29.1 Å². The highest BCUT2D eigenvalue weighted by Crippen LogP contribution is 2.36. The van der Waals surface area contributed by atoms with Gasteiger partial charge in [0.2, 0.25) is 0 Å². The Morgan fingerprint density at radius 1 is 1.24 bits per heavy atom. The number of hydrogen-bond donors (Lipinski definition) is 1. The minimum absolute atomic E-state index is 0.750. The van der Waals surface area contributed by atoms with Gasteiger partial charge in [0.15, 0.2) is 0 Å². The van der Waals surface area contributed by atoms with Crippen LogP contribution in [0.15, 0.2) is 24.3 Å². The molecule has 2 nitrogen and oxygen atoms in total. The third kappa shape index (κ3) is 2.17. The van der Waals surface area contributed by atoms with E-state index in [0.29, 0.717) is 0 Å². The molecule has 1 aromatic heterocycles. The van der Waals surface area contributed by atoms with Crippen molar-refractivity contribution in [1.29, 1.82) is 0 Å². The predicted molar refractivity (Wildman–Crippen MR) is 73.2 cm³/mol. The number of thiophene rings is 1. The van der Waals surface area contributed by atoms with Crippen LogP contribution in [0, 0.1) is 0 Å². The summed E-state index contributed by atoms with van der Waals surface area (Å²) in [6.07, 6.45) is 2.54. The summed E-state index contributed by atoms with van der Waals surface area (Å²) >= 11 is 1.94. The van der Waals surface area contributed by atoms with Crippen LogP contribution in [0.5, 0.6) is 5.75 Å². The fourth-order valence-corrected chi connectivity index (χ4v) is 3.69. The van der Waals surface area contributed by atoms with Crippen molar-refractivity contribution in [3.63, 3.8) is 0 Å². The minimum Gasteiger partial charge on any atom is -0.497 e. The summed E-state index contributed by atoms with van der Waals surface area (Å²) < 4.78 is 6.65. The van der Waals surface area contributed by atoms with Gasteiger partial charge in [0.05, 0.1) is 7.11 Å². The Kier molecular flexibility index (Phi) is 3.04. The van der Waals surface area contributed by atoms with Crippen molar-refractivity contribution in [2.24, 2.45) is 0 Å². The molecule has 0 radical (unpaired) electrons. The molecule has 0 bridgehead atoms. The van der Waals surface area contributed by atoms with Crippen molar-refractivity contribution >= 4 is 21.4 Å². The highest BCUT2D eigenvalue weighted by atomic mass is 32.1. The van der Waals surface area contributed by atoms with Crippen LogP contribution in [-0.2, 0) is 0 Å². The lowest BCUT2D eigenvalue weighted by Gasteiger charge is -2.21. The number of ether oxygens (including phenoxy) is 1. The number of methoxy groups -OCH3 is 1. The smallest absolute Gasteiger partial charge is 0.119 e. The molecule has 0 atom stereocenters. The molecule has 1 saturated heterocycles. The molecule has 2 heterocycles. The SMILES string of the molecule is COc1ccc2sc(C3CCNCC3)cc2c1. The molecule has 0 amide bonds. The molecule has 0 aliphatic carbocycles. The maximum absolute atomic E-state index is 5.27. The molecule has 0 unspecified atom stereocenters. The van der Waals surface area contributed by atoms with Crippen molar-refractivity contribution in [2.45, 2.75) is 18.8 Å². The van der Waals surface area contributed by atoms with Gasteiger partial charge in [0.1, 0.15) is 5.75 Å². The Balaban J connectivity index is 1.95. The van der Waals surface area contributed by atoms with Gasteiger partial charge < -0.3 is 10.1 Å². The highest BCUT2D eigenvalue weighted by Gasteiger charge is 2.17. The number of rotatable bonds is 2. The summed E-state index contributed by atoms with van der Waals surface area (Å²) in [5, 5.41) is 4.74. The first-order valence-corrected chi connectivity index (χ1v) is 6.96. The Hall–Kier alpha value is -1.06. The summed E-state index contributed by atoms with van der Waals surface area (Å²) in [6, 6.07) is 8.70. The summed E-state index contributed by atoms with van der Waals surface area (Å²) in [5.41, 5.74) is 0. The topological polar surface area (TPSA) is 21.3 Å². The van der Waals surface area contributed by atoms with Gasteiger partial charge in [-0.3, -0.25) is 0 Å². The fraction of sp³-hybridized carbons (Fsp3) is 0.429. The fourth-order valence-electron chi connectivity index (χ4n) is 2.48. The molecule has 90 valence electrons. The lowest BCUT2D eigenvalue weighted by Crippen LogP contribution is -2.26. The van der Waals surface area contributed by atoms with Gasteiger partial charge in [-0.2, -0.15) is 0 Å². The van der Waals surface area contributed by atoms with Gasteiger partial charge in [-0.15, -0.1) is 11.3 Å². The van der Waals surface area contributed by atoms with Gasteiger partial charge >= 0.3 is 0 Å². The Morgan fingerprint density at radius 3 is 2.82 bits per heavy atom. The Labute approximate surface area is 106 Å². The summed E-state index contributed by atoms with van der Waals surface area (Å²) in [7, 11) is 1.72. The molecule has 0 saturated carbocycles. The lowest BCUT2D eigenvalue weighted by molar-refractivity contribution is 0.415. The Morgan fingerprint density at radius 2 is 2.06 bits per heavy atom. The average molecular weight is 247 g/mol. The number of fused-ring (bicyclic) bond motifs is 1. The third-order valence-electron chi connectivity index (χ3n) is 3.48. The van der Waals surface area contributed by atoms with Gasteiger partial charge in [0.25, 0.3) is 0 Å². The van der Waals surface area contributed by atoms with Crippen molar-refractivity contribution in [2.75, 3.05) is 20.2 Å². The first-order chi connectivity index (χ1) is 8.36. The second-order valence-corrected chi connectivity index (χ2v) is 5.69. The zero-order chi connectivity index (χ0) is 11.7. The number of piperidine rings is 1. The first-order valence-electron chi connectivity index (χ1n) is 6.15. The van der Waals surface area contributed by atoms with E-state index in [1.165, 1.54) is 27.8 Å². The van der Waals surface area contributed by atoms with E-state index in [1.807, 2.05) is 17.4 Å². The molecule has 1 N–H and O–H groups in total. The molecular weight excluding hydrogens is 230 g/mol. The Bertz CT molecular complexity index is 514. The maximum atomic E-state index is 5.27. The summed E-state index contributed by atoms with van der Waals surface area (Å²) in [4.78, 5) is 1.54. The van der Waals surface area contributed by atoms with Gasteiger partial charge in [-0.1, -0.05) is 0 Å².